The van der Waals surface area contributed by atoms with E-state index in [9.17, 15) is 4.79 Å². The molecule has 0 aromatic heterocycles. The number of nitrogens with two attached hydrogens (primary N) is 1. The van der Waals surface area contributed by atoms with Crippen LogP contribution in [0.2, 0.25) is 0 Å². The van der Waals surface area contributed by atoms with Gasteiger partial charge in [0.25, 0.3) is 0 Å². The van der Waals surface area contributed by atoms with Crippen molar-refractivity contribution in [2.75, 3.05) is 43.4 Å². The molecule has 20 heavy (non-hydrogen) atoms. The number of amides is 1. The average molecular weight is 277 g/mol. The van der Waals surface area contributed by atoms with Crippen LogP contribution in [0, 0.1) is 0 Å². The fourth-order valence-corrected chi connectivity index (χ4v) is 2.53. The molecule has 1 amide bonds. The number of benzene rings is 1. The Bertz CT molecular complexity index is 476. The van der Waals surface area contributed by atoms with Crippen molar-refractivity contribution in [1.29, 1.82) is 0 Å². The molecule has 1 heterocycles. The normalized spacial score (nSPS) is 15.9. The molecule has 0 unspecified atom stereocenters. The number of nitrogen functional groups attached to an aromatic ring is 1. The quantitative estimate of drug-likeness (QED) is 0.855. The van der Waals surface area contributed by atoms with Gasteiger partial charge in [-0.25, -0.2) is 0 Å². The van der Waals surface area contributed by atoms with E-state index in [1.54, 1.807) is 6.92 Å². The van der Waals surface area contributed by atoms with Crippen LogP contribution in [-0.4, -0.2) is 43.6 Å². The lowest BCUT2D eigenvalue weighted by atomic mass is 10.2. The van der Waals surface area contributed by atoms with Gasteiger partial charge >= 0.3 is 0 Å². The molecule has 1 aliphatic rings. The average Bonchev–Trinajstić information content (AvgIpc) is 2.64. The second-order valence-electron chi connectivity index (χ2n) is 5.04. The van der Waals surface area contributed by atoms with Gasteiger partial charge in [-0.2, -0.15) is 0 Å². The highest BCUT2D eigenvalue weighted by atomic mass is 16.5. The highest BCUT2D eigenvalue weighted by molar-refractivity contribution is 5.73. The third-order valence-electron chi connectivity index (χ3n) is 3.53. The first kappa shape index (κ1) is 14.5. The van der Waals surface area contributed by atoms with Gasteiger partial charge < -0.3 is 20.3 Å². The van der Waals surface area contributed by atoms with Gasteiger partial charge in [0, 0.05) is 56.6 Å². The number of nitrogens with zero attached hydrogens (tertiary/aromatic N) is 2. The predicted octanol–water partition coefficient (Wildman–Crippen LogP) is 1.73. The Morgan fingerprint density at radius 2 is 2.05 bits per heavy atom. The molecule has 0 saturated carbocycles. The van der Waals surface area contributed by atoms with Crippen molar-refractivity contribution in [3.05, 3.63) is 18.2 Å². The van der Waals surface area contributed by atoms with Gasteiger partial charge in [-0.1, -0.05) is 0 Å². The van der Waals surface area contributed by atoms with Crippen molar-refractivity contribution in [1.82, 2.24) is 4.90 Å². The maximum absolute atomic E-state index is 11.5. The zero-order chi connectivity index (χ0) is 14.5. The summed E-state index contributed by atoms with van der Waals surface area (Å²) in [5.74, 6) is 0.949. The maximum Gasteiger partial charge on any atom is 0.219 e. The van der Waals surface area contributed by atoms with Crippen molar-refractivity contribution in [3.8, 4) is 5.75 Å². The number of hydrogen-bond donors (Lipinski definition) is 1. The second kappa shape index (κ2) is 6.50. The van der Waals surface area contributed by atoms with Crippen LogP contribution in [0.3, 0.4) is 0 Å². The predicted molar refractivity (Wildman–Crippen MR) is 81.1 cm³/mol. The summed E-state index contributed by atoms with van der Waals surface area (Å²) >= 11 is 0. The van der Waals surface area contributed by atoms with Crippen molar-refractivity contribution < 1.29 is 9.53 Å². The number of ether oxygens (including phenoxy) is 1. The molecule has 5 heteroatoms. The molecular weight excluding hydrogens is 254 g/mol. The van der Waals surface area contributed by atoms with Gasteiger partial charge in [0.1, 0.15) is 5.75 Å². The van der Waals surface area contributed by atoms with E-state index in [0.717, 1.165) is 44.0 Å². The Morgan fingerprint density at radius 3 is 2.75 bits per heavy atom. The fourth-order valence-electron chi connectivity index (χ4n) is 2.53. The zero-order valence-corrected chi connectivity index (χ0v) is 12.3. The van der Waals surface area contributed by atoms with Gasteiger partial charge in [-0.3, -0.25) is 4.79 Å². The number of rotatable bonds is 3. The molecule has 0 atom stereocenters. The Hall–Kier alpha value is -1.91. The van der Waals surface area contributed by atoms with E-state index in [1.165, 1.54) is 0 Å². The summed E-state index contributed by atoms with van der Waals surface area (Å²) in [5, 5.41) is 0. The van der Waals surface area contributed by atoms with Crippen LogP contribution in [0.25, 0.3) is 0 Å². The number of anilines is 2. The molecule has 1 fully saturated rings. The Labute approximate surface area is 120 Å². The monoisotopic (exact) mass is 277 g/mol. The Balaban J connectivity index is 2.12. The largest absolute Gasteiger partial charge is 0.494 e. The molecule has 1 aromatic carbocycles. The van der Waals surface area contributed by atoms with Gasteiger partial charge in [0.05, 0.1) is 6.61 Å². The van der Waals surface area contributed by atoms with Crippen LogP contribution in [0.5, 0.6) is 5.75 Å². The summed E-state index contributed by atoms with van der Waals surface area (Å²) in [6.45, 7) is 7.55. The number of carbonyl (C=O) groups is 1. The van der Waals surface area contributed by atoms with E-state index in [-0.39, 0.29) is 5.91 Å². The highest BCUT2D eigenvalue weighted by Gasteiger charge is 2.17. The smallest absolute Gasteiger partial charge is 0.219 e. The van der Waals surface area contributed by atoms with Crippen LogP contribution in [0.1, 0.15) is 20.3 Å². The van der Waals surface area contributed by atoms with E-state index in [0.29, 0.717) is 12.3 Å². The van der Waals surface area contributed by atoms with Crippen LogP contribution in [0.4, 0.5) is 11.4 Å². The van der Waals surface area contributed by atoms with Gasteiger partial charge in [0.2, 0.25) is 5.91 Å². The SMILES string of the molecule is CCOc1cc(N)cc(N2CCCN(C(C)=O)CC2)c1. The van der Waals surface area contributed by atoms with Gasteiger partial charge in [-0.05, 0) is 19.4 Å². The first-order valence-electron chi connectivity index (χ1n) is 7.14. The fraction of sp³-hybridized carbons (Fsp3) is 0.533. The molecule has 0 aliphatic carbocycles. The van der Waals surface area contributed by atoms with Crippen LogP contribution in [-0.2, 0) is 4.79 Å². The molecular formula is C15H23N3O2. The van der Waals surface area contributed by atoms with Crippen molar-refractivity contribution in [2.24, 2.45) is 0 Å². The Morgan fingerprint density at radius 1 is 1.25 bits per heavy atom. The van der Waals surface area contributed by atoms with Crippen molar-refractivity contribution in [3.63, 3.8) is 0 Å². The third-order valence-corrected chi connectivity index (χ3v) is 3.53. The summed E-state index contributed by atoms with van der Waals surface area (Å²) in [6, 6.07) is 5.82. The minimum Gasteiger partial charge on any atom is -0.494 e. The summed E-state index contributed by atoms with van der Waals surface area (Å²) < 4.78 is 5.54. The van der Waals surface area contributed by atoms with Gasteiger partial charge in [0.15, 0.2) is 0 Å². The number of hydrogen-bond acceptors (Lipinski definition) is 4. The van der Waals surface area contributed by atoms with Crippen molar-refractivity contribution >= 4 is 17.3 Å². The lowest BCUT2D eigenvalue weighted by Crippen LogP contribution is -2.33. The minimum absolute atomic E-state index is 0.148. The molecule has 1 aromatic rings. The maximum atomic E-state index is 11.5. The van der Waals surface area contributed by atoms with E-state index in [4.69, 9.17) is 10.5 Å². The Kier molecular flexibility index (Phi) is 4.71. The van der Waals surface area contributed by atoms with Crippen LogP contribution in [0.15, 0.2) is 18.2 Å². The molecule has 0 bridgehead atoms. The molecule has 2 rings (SSSR count). The summed E-state index contributed by atoms with van der Waals surface area (Å²) in [7, 11) is 0. The van der Waals surface area contributed by atoms with E-state index < -0.39 is 0 Å². The molecule has 1 saturated heterocycles. The molecule has 0 spiro atoms. The first-order chi connectivity index (χ1) is 9.60. The van der Waals surface area contributed by atoms with E-state index >= 15 is 0 Å². The number of carbonyl (C=O) groups excluding carboxylic acids is 1. The minimum atomic E-state index is 0.148. The zero-order valence-electron chi connectivity index (χ0n) is 12.3. The molecule has 5 nitrogen and oxygen atoms in total. The van der Waals surface area contributed by atoms with E-state index in [2.05, 4.69) is 4.90 Å². The molecule has 110 valence electrons. The summed E-state index contributed by atoms with van der Waals surface area (Å²) in [6.07, 6.45) is 0.971. The lowest BCUT2D eigenvalue weighted by molar-refractivity contribution is -0.128. The van der Waals surface area contributed by atoms with Crippen LogP contribution >= 0.6 is 0 Å². The van der Waals surface area contributed by atoms with Gasteiger partial charge in [-0.15, -0.1) is 0 Å². The summed E-state index contributed by atoms with van der Waals surface area (Å²) in [4.78, 5) is 15.6. The third kappa shape index (κ3) is 3.56. The summed E-state index contributed by atoms with van der Waals surface area (Å²) in [5.41, 5.74) is 7.72. The molecule has 1 aliphatic heterocycles. The second-order valence-corrected chi connectivity index (χ2v) is 5.04. The topological polar surface area (TPSA) is 58.8 Å². The van der Waals surface area contributed by atoms with Crippen molar-refractivity contribution in [2.45, 2.75) is 20.3 Å². The van der Waals surface area contributed by atoms with Crippen LogP contribution < -0.4 is 15.4 Å². The lowest BCUT2D eigenvalue weighted by Gasteiger charge is -2.24. The van der Waals surface area contributed by atoms with E-state index in [1.807, 2.05) is 30.0 Å². The first-order valence-corrected chi connectivity index (χ1v) is 7.14. The molecule has 0 radical (unpaired) electrons. The highest BCUT2D eigenvalue weighted by Crippen LogP contribution is 2.26. The standard InChI is InChI=1S/C15H23N3O2/c1-3-20-15-10-13(16)9-14(11-15)18-6-4-5-17(7-8-18)12(2)19/h9-11H,3-8,16H2,1-2H3. The molecule has 2 N–H and O–H groups in total.